The molecule has 28 heavy (non-hydrogen) atoms. The predicted molar refractivity (Wildman–Crippen MR) is 110 cm³/mol. The summed E-state index contributed by atoms with van der Waals surface area (Å²) in [5.41, 5.74) is 0.995. The second-order valence-electron chi connectivity index (χ2n) is 7.07. The number of carbonyl (C=O) groups is 1. The molecule has 9 heteroatoms. The number of thioether (sulfide) groups is 1. The van der Waals surface area contributed by atoms with Gasteiger partial charge in [0.05, 0.1) is 10.6 Å². The third-order valence-corrected chi connectivity index (χ3v) is 7.87. The van der Waals surface area contributed by atoms with Gasteiger partial charge in [-0.2, -0.15) is 4.31 Å². The van der Waals surface area contributed by atoms with Gasteiger partial charge in [0.2, 0.25) is 15.9 Å². The van der Waals surface area contributed by atoms with Crippen molar-refractivity contribution < 1.29 is 17.6 Å². The predicted octanol–water partition coefficient (Wildman–Crippen LogP) is 3.21. The Morgan fingerprint density at radius 3 is 2.79 bits per heavy atom. The molecule has 7 nitrogen and oxygen atoms in total. The van der Waals surface area contributed by atoms with Crippen molar-refractivity contribution in [3.05, 3.63) is 18.2 Å². The molecule has 1 aliphatic heterocycles. The number of likely N-dealkylation sites (tertiary alicyclic amines) is 1. The van der Waals surface area contributed by atoms with Crippen LogP contribution in [0.5, 0.6) is 0 Å². The van der Waals surface area contributed by atoms with E-state index in [4.69, 9.17) is 4.42 Å². The van der Waals surface area contributed by atoms with Crippen molar-refractivity contribution in [3.63, 3.8) is 0 Å². The fourth-order valence-electron chi connectivity index (χ4n) is 3.45. The number of amides is 1. The van der Waals surface area contributed by atoms with Crippen LogP contribution in [-0.2, 0) is 14.8 Å². The normalized spacial score (nSPS) is 18.1. The van der Waals surface area contributed by atoms with Crippen molar-refractivity contribution in [2.75, 3.05) is 31.9 Å². The number of piperidine rings is 1. The van der Waals surface area contributed by atoms with E-state index in [0.717, 1.165) is 19.5 Å². The summed E-state index contributed by atoms with van der Waals surface area (Å²) in [5.74, 6) is 0.895. The van der Waals surface area contributed by atoms with Gasteiger partial charge in [-0.05, 0) is 37.0 Å². The van der Waals surface area contributed by atoms with Gasteiger partial charge in [-0.3, -0.25) is 4.79 Å². The smallest absolute Gasteiger partial charge is 0.257 e. The third kappa shape index (κ3) is 4.52. The number of hydrogen-bond donors (Lipinski definition) is 0. The molecule has 1 aromatic heterocycles. The molecule has 0 N–H and O–H groups in total. The first-order valence-corrected chi connectivity index (χ1v) is 12.1. The largest absolute Gasteiger partial charge is 0.431 e. The van der Waals surface area contributed by atoms with Crippen molar-refractivity contribution in [3.8, 4) is 0 Å². The van der Waals surface area contributed by atoms with Crippen LogP contribution in [0, 0.1) is 5.92 Å². The molecular weight excluding hydrogens is 398 g/mol. The van der Waals surface area contributed by atoms with Crippen molar-refractivity contribution >= 4 is 38.8 Å². The van der Waals surface area contributed by atoms with E-state index >= 15 is 0 Å². The van der Waals surface area contributed by atoms with Crippen molar-refractivity contribution in [1.29, 1.82) is 0 Å². The molecule has 1 atom stereocenters. The number of oxazole rings is 1. The van der Waals surface area contributed by atoms with E-state index < -0.39 is 10.0 Å². The summed E-state index contributed by atoms with van der Waals surface area (Å²) in [7, 11) is -3.54. The Morgan fingerprint density at radius 1 is 1.36 bits per heavy atom. The van der Waals surface area contributed by atoms with Gasteiger partial charge in [0.25, 0.3) is 5.22 Å². The Labute approximate surface area is 170 Å². The number of benzene rings is 1. The zero-order valence-electron chi connectivity index (χ0n) is 16.6. The Balaban J connectivity index is 1.71. The fraction of sp³-hybridized carbons (Fsp3) is 0.579. The van der Waals surface area contributed by atoms with Gasteiger partial charge >= 0.3 is 0 Å². The molecule has 0 spiro atoms. The Bertz CT molecular complexity index is 938. The Morgan fingerprint density at radius 2 is 2.11 bits per heavy atom. The molecule has 2 heterocycles. The maximum atomic E-state index is 12.7. The zero-order chi connectivity index (χ0) is 20.3. The highest BCUT2D eigenvalue weighted by Gasteiger charge is 2.24. The molecule has 1 amide bonds. The van der Waals surface area contributed by atoms with Gasteiger partial charge in [0, 0.05) is 26.2 Å². The average Bonchev–Trinajstić information content (AvgIpc) is 3.09. The number of hydrogen-bond acceptors (Lipinski definition) is 6. The minimum atomic E-state index is -3.54. The van der Waals surface area contributed by atoms with Crippen LogP contribution in [0.1, 0.15) is 33.6 Å². The van der Waals surface area contributed by atoms with E-state index in [2.05, 4.69) is 11.9 Å². The number of carbonyl (C=O) groups excluding carboxylic acids is 1. The highest BCUT2D eigenvalue weighted by atomic mass is 32.2. The summed E-state index contributed by atoms with van der Waals surface area (Å²) in [4.78, 5) is 18.9. The molecule has 1 fully saturated rings. The van der Waals surface area contributed by atoms with Crippen molar-refractivity contribution in [2.45, 2.75) is 43.7 Å². The first-order chi connectivity index (χ1) is 13.3. The quantitative estimate of drug-likeness (QED) is 0.634. The molecule has 0 unspecified atom stereocenters. The summed E-state index contributed by atoms with van der Waals surface area (Å²) >= 11 is 1.25. The van der Waals surface area contributed by atoms with E-state index in [-0.39, 0.29) is 16.6 Å². The maximum Gasteiger partial charge on any atom is 0.257 e. The van der Waals surface area contributed by atoms with Gasteiger partial charge in [-0.15, -0.1) is 0 Å². The molecule has 2 aromatic rings. The SMILES string of the molecule is CCN(CC)S(=O)(=O)c1ccc2oc(SCC(=O)N3CCC[C@@H](C)C3)nc2c1. The fourth-order valence-corrected chi connectivity index (χ4v) is 5.67. The Hall–Kier alpha value is -1.58. The second kappa shape index (κ2) is 8.84. The van der Waals surface area contributed by atoms with Crippen LogP contribution >= 0.6 is 11.8 Å². The lowest BCUT2D eigenvalue weighted by molar-refractivity contribution is -0.130. The van der Waals surface area contributed by atoms with Gasteiger partial charge in [-0.1, -0.05) is 32.5 Å². The average molecular weight is 426 g/mol. The zero-order valence-corrected chi connectivity index (χ0v) is 18.2. The topological polar surface area (TPSA) is 83.7 Å². The highest BCUT2D eigenvalue weighted by Crippen LogP contribution is 2.27. The maximum absolute atomic E-state index is 12.7. The van der Waals surface area contributed by atoms with Gasteiger partial charge in [0.1, 0.15) is 5.52 Å². The molecular formula is C19H27N3O4S2. The molecule has 1 aromatic carbocycles. The second-order valence-corrected chi connectivity index (χ2v) is 9.94. The summed E-state index contributed by atoms with van der Waals surface area (Å²) in [6.07, 6.45) is 2.21. The first-order valence-electron chi connectivity index (χ1n) is 9.66. The minimum Gasteiger partial charge on any atom is -0.431 e. The molecule has 0 radical (unpaired) electrons. The van der Waals surface area contributed by atoms with E-state index in [1.807, 2.05) is 18.7 Å². The van der Waals surface area contributed by atoms with Crippen LogP contribution in [0.25, 0.3) is 11.1 Å². The summed E-state index contributed by atoms with van der Waals surface area (Å²) < 4.78 is 32.4. The summed E-state index contributed by atoms with van der Waals surface area (Å²) in [6.45, 7) is 8.22. The van der Waals surface area contributed by atoms with Crippen LogP contribution in [0.2, 0.25) is 0 Å². The number of rotatable bonds is 7. The van der Waals surface area contributed by atoms with Crippen LogP contribution in [0.15, 0.2) is 32.7 Å². The monoisotopic (exact) mass is 425 g/mol. The van der Waals surface area contributed by atoms with E-state index in [1.165, 1.54) is 34.6 Å². The van der Waals surface area contributed by atoms with Crippen molar-refractivity contribution in [1.82, 2.24) is 14.2 Å². The van der Waals surface area contributed by atoms with Crippen LogP contribution < -0.4 is 0 Å². The minimum absolute atomic E-state index is 0.0867. The van der Waals surface area contributed by atoms with Gasteiger partial charge < -0.3 is 9.32 Å². The number of sulfonamides is 1. The van der Waals surface area contributed by atoms with Gasteiger partial charge in [0.15, 0.2) is 5.58 Å². The molecule has 154 valence electrons. The lowest BCUT2D eigenvalue weighted by Crippen LogP contribution is -2.40. The van der Waals surface area contributed by atoms with Crippen molar-refractivity contribution in [2.24, 2.45) is 5.92 Å². The summed E-state index contributed by atoms with van der Waals surface area (Å²) in [5, 5.41) is 0.380. The van der Waals surface area contributed by atoms with Crippen LogP contribution in [0.4, 0.5) is 0 Å². The molecule has 0 bridgehead atoms. The molecule has 0 saturated carbocycles. The number of aromatic nitrogens is 1. The molecule has 1 aliphatic rings. The van der Waals surface area contributed by atoms with E-state index in [9.17, 15) is 13.2 Å². The highest BCUT2D eigenvalue weighted by molar-refractivity contribution is 7.99. The van der Waals surface area contributed by atoms with Crippen LogP contribution in [0.3, 0.4) is 0 Å². The van der Waals surface area contributed by atoms with Crippen LogP contribution in [-0.4, -0.2) is 60.4 Å². The van der Waals surface area contributed by atoms with Gasteiger partial charge in [-0.25, -0.2) is 13.4 Å². The van der Waals surface area contributed by atoms with E-state index in [0.29, 0.717) is 35.3 Å². The molecule has 1 saturated heterocycles. The lowest BCUT2D eigenvalue weighted by Gasteiger charge is -2.30. The number of fused-ring (bicyclic) bond motifs is 1. The first kappa shape index (κ1) is 21.1. The standard InChI is InChI=1S/C19H27N3O4S2/c1-4-22(5-2)28(24,25)15-8-9-17-16(11-15)20-19(26-17)27-13-18(23)21-10-6-7-14(3)12-21/h8-9,11,14H,4-7,10,12-13H2,1-3H3/t14-/m1/s1. The Kier molecular flexibility index (Phi) is 6.67. The molecule has 3 rings (SSSR count). The third-order valence-electron chi connectivity index (χ3n) is 5.01. The molecule has 0 aliphatic carbocycles. The summed E-state index contributed by atoms with van der Waals surface area (Å²) in [6, 6.07) is 4.69. The van der Waals surface area contributed by atoms with E-state index in [1.54, 1.807) is 6.07 Å². The lowest BCUT2D eigenvalue weighted by atomic mass is 10.0. The number of nitrogens with zero attached hydrogens (tertiary/aromatic N) is 3.